The molecule has 0 aliphatic carbocycles. The van der Waals surface area contributed by atoms with Crippen LogP contribution < -0.4 is 5.32 Å². The Balaban J connectivity index is 0.00000576. The summed E-state index contributed by atoms with van der Waals surface area (Å²) in [6.45, 7) is 6.52. The van der Waals surface area contributed by atoms with Gasteiger partial charge >= 0.3 is 0 Å². The van der Waals surface area contributed by atoms with Crippen LogP contribution in [0.3, 0.4) is 0 Å². The van der Waals surface area contributed by atoms with E-state index in [0.717, 1.165) is 25.5 Å². The molecule has 1 heterocycles. The number of halogens is 1. The molecule has 0 fully saturated rings. The Bertz CT molecular complexity index is 591. The molecule has 0 aliphatic rings. The first-order valence-corrected chi connectivity index (χ1v) is 10.9. The lowest BCUT2D eigenvalue weighted by atomic mass is 10.3. The highest BCUT2D eigenvalue weighted by Crippen LogP contribution is 2.09. The van der Waals surface area contributed by atoms with Crippen molar-refractivity contribution < 1.29 is 8.42 Å². The van der Waals surface area contributed by atoms with Crippen LogP contribution in [-0.4, -0.2) is 69.6 Å². The molecule has 25 heavy (non-hydrogen) atoms. The molecule has 0 saturated heterocycles. The van der Waals surface area contributed by atoms with E-state index in [9.17, 15) is 8.42 Å². The van der Waals surface area contributed by atoms with Crippen molar-refractivity contribution in [1.82, 2.24) is 14.5 Å². The van der Waals surface area contributed by atoms with Crippen LogP contribution in [0.2, 0.25) is 0 Å². The molecule has 0 bridgehead atoms. The monoisotopic (exact) mass is 502 g/mol. The van der Waals surface area contributed by atoms with Crippen molar-refractivity contribution in [3.63, 3.8) is 0 Å². The van der Waals surface area contributed by atoms with Gasteiger partial charge in [0.1, 0.15) is 0 Å². The summed E-state index contributed by atoms with van der Waals surface area (Å²) in [6, 6.07) is 4.22. The maximum atomic E-state index is 11.7. The molecule has 0 saturated carbocycles. The van der Waals surface area contributed by atoms with Gasteiger partial charge in [0, 0.05) is 45.2 Å². The first-order chi connectivity index (χ1) is 11.4. The maximum Gasteiger partial charge on any atom is 0.213 e. The molecule has 0 amide bonds. The minimum atomic E-state index is -3.10. The summed E-state index contributed by atoms with van der Waals surface area (Å²) in [6.07, 6.45) is 1.71. The summed E-state index contributed by atoms with van der Waals surface area (Å²) in [7, 11) is 0.557. The van der Waals surface area contributed by atoms with Gasteiger partial charge in [-0.15, -0.1) is 35.3 Å². The Kier molecular flexibility index (Phi) is 12.7. The van der Waals surface area contributed by atoms with Crippen LogP contribution in [0.5, 0.6) is 0 Å². The van der Waals surface area contributed by atoms with E-state index < -0.39 is 10.0 Å². The molecule has 146 valence electrons. The van der Waals surface area contributed by atoms with E-state index in [-0.39, 0.29) is 29.7 Å². The number of likely N-dealkylation sites (N-methyl/N-ethyl adjacent to an activating group) is 1. The van der Waals surface area contributed by atoms with Crippen LogP contribution in [0.25, 0.3) is 0 Å². The average molecular weight is 502 g/mol. The fourth-order valence-corrected chi connectivity index (χ4v) is 3.69. The summed E-state index contributed by atoms with van der Waals surface area (Å²) in [5.41, 5.74) is 0. The van der Waals surface area contributed by atoms with Gasteiger partial charge in [0.05, 0.1) is 5.75 Å². The molecule has 0 atom stereocenters. The Morgan fingerprint density at radius 2 is 2.00 bits per heavy atom. The van der Waals surface area contributed by atoms with Gasteiger partial charge in [0.15, 0.2) is 5.96 Å². The topological polar surface area (TPSA) is 65.0 Å². The summed E-state index contributed by atoms with van der Waals surface area (Å²) in [5.74, 6) is 1.01. The molecule has 0 radical (unpaired) electrons. The van der Waals surface area contributed by atoms with Crippen molar-refractivity contribution in [1.29, 1.82) is 0 Å². The highest BCUT2D eigenvalue weighted by molar-refractivity contribution is 14.0. The second-order valence-electron chi connectivity index (χ2n) is 5.56. The van der Waals surface area contributed by atoms with Crippen LogP contribution in [0.1, 0.15) is 25.1 Å². The van der Waals surface area contributed by atoms with Crippen molar-refractivity contribution in [2.75, 3.05) is 46.0 Å². The van der Waals surface area contributed by atoms with Gasteiger partial charge in [-0.3, -0.25) is 4.99 Å². The highest BCUT2D eigenvalue weighted by Gasteiger charge is 2.14. The molecule has 0 aliphatic heterocycles. The third-order valence-electron chi connectivity index (χ3n) is 3.70. The lowest BCUT2D eigenvalue weighted by Crippen LogP contribution is -2.40. The number of rotatable bonds is 10. The molecule has 1 aromatic rings. The minimum absolute atomic E-state index is 0. The SMILES string of the molecule is CCNC(=NCCCN(C)S(=O)(=O)CC)N(C)CCc1cccs1.I. The van der Waals surface area contributed by atoms with E-state index in [4.69, 9.17) is 0 Å². The summed E-state index contributed by atoms with van der Waals surface area (Å²) >= 11 is 1.77. The highest BCUT2D eigenvalue weighted by atomic mass is 127. The zero-order valence-electron chi connectivity index (χ0n) is 15.6. The largest absolute Gasteiger partial charge is 0.357 e. The molecule has 6 nitrogen and oxygen atoms in total. The quantitative estimate of drug-likeness (QED) is 0.231. The molecule has 1 aromatic heterocycles. The Morgan fingerprint density at radius 3 is 2.56 bits per heavy atom. The Hall–Kier alpha value is -0.390. The van der Waals surface area contributed by atoms with Crippen molar-refractivity contribution in [3.8, 4) is 0 Å². The Morgan fingerprint density at radius 1 is 1.28 bits per heavy atom. The average Bonchev–Trinajstić information content (AvgIpc) is 3.08. The van der Waals surface area contributed by atoms with E-state index in [0.29, 0.717) is 19.5 Å². The molecule has 1 N–H and O–H groups in total. The van der Waals surface area contributed by atoms with Gasteiger partial charge in [-0.1, -0.05) is 6.07 Å². The minimum Gasteiger partial charge on any atom is -0.357 e. The molecule has 1 rings (SSSR count). The fraction of sp³-hybridized carbons (Fsp3) is 0.688. The van der Waals surface area contributed by atoms with E-state index in [1.54, 1.807) is 25.3 Å². The predicted octanol–water partition coefficient (Wildman–Crippen LogP) is 2.48. The molecule has 9 heteroatoms. The normalized spacial score (nSPS) is 12.1. The number of sulfonamides is 1. The molecule has 0 aromatic carbocycles. The van der Waals surface area contributed by atoms with E-state index in [1.807, 2.05) is 14.0 Å². The third-order valence-corrected chi connectivity index (χ3v) is 6.50. The number of nitrogens with one attached hydrogen (secondary N) is 1. The van der Waals surface area contributed by atoms with Gasteiger partial charge in [-0.05, 0) is 38.1 Å². The van der Waals surface area contributed by atoms with Crippen molar-refractivity contribution >= 4 is 51.3 Å². The fourth-order valence-electron chi connectivity index (χ4n) is 2.15. The number of thiophene rings is 1. The Labute approximate surface area is 173 Å². The third kappa shape index (κ3) is 9.20. The van der Waals surface area contributed by atoms with Crippen LogP contribution in [0.4, 0.5) is 0 Å². The standard InChI is InChI=1S/C16H30N4O2S2.HI/c1-5-17-16(19(3)13-10-15-9-7-14-23-15)18-11-8-12-20(4)24(21,22)6-2;/h7,9,14H,5-6,8,10-13H2,1-4H3,(H,17,18);1H. The smallest absolute Gasteiger partial charge is 0.213 e. The first-order valence-electron chi connectivity index (χ1n) is 8.36. The second kappa shape index (κ2) is 12.9. The zero-order valence-corrected chi connectivity index (χ0v) is 19.5. The van der Waals surface area contributed by atoms with Crippen LogP contribution in [-0.2, 0) is 16.4 Å². The maximum absolute atomic E-state index is 11.7. The van der Waals surface area contributed by atoms with E-state index in [1.165, 1.54) is 9.18 Å². The summed E-state index contributed by atoms with van der Waals surface area (Å²) in [4.78, 5) is 8.09. The molecular formula is C16H31IN4O2S2. The van der Waals surface area contributed by atoms with Crippen LogP contribution in [0, 0.1) is 0 Å². The number of hydrogen-bond donors (Lipinski definition) is 1. The lowest BCUT2D eigenvalue weighted by molar-refractivity contribution is 0.461. The number of aliphatic imine (C=N–C) groups is 1. The molecule has 0 unspecified atom stereocenters. The van der Waals surface area contributed by atoms with Gasteiger partial charge in [0.2, 0.25) is 10.0 Å². The lowest BCUT2D eigenvalue weighted by Gasteiger charge is -2.22. The molecular weight excluding hydrogens is 471 g/mol. The molecule has 0 spiro atoms. The van der Waals surface area contributed by atoms with E-state index >= 15 is 0 Å². The summed E-state index contributed by atoms with van der Waals surface area (Å²) < 4.78 is 24.8. The van der Waals surface area contributed by atoms with Gasteiger partial charge in [-0.2, -0.15) is 0 Å². The zero-order chi connectivity index (χ0) is 18.0. The van der Waals surface area contributed by atoms with Crippen LogP contribution >= 0.6 is 35.3 Å². The second-order valence-corrected chi connectivity index (χ2v) is 8.96. The van der Waals surface area contributed by atoms with Gasteiger partial charge in [-0.25, -0.2) is 12.7 Å². The number of hydrogen-bond acceptors (Lipinski definition) is 4. The van der Waals surface area contributed by atoms with Crippen molar-refractivity contribution in [3.05, 3.63) is 22.4 Å². The van der Waals surface area contributed by atoms with E-state index in [2.05, 4.69) is 32.7 Å². The predicted molar refractivity (Wildman–Crippen MR) is 119 cm³/mol. The summed E-state index contributed by atoms with van der Waals surface area (Å²) in [5, 5.41) is 5.38. The van der Waals surface area contributed by atoms with Crippen LogP contribution in [0.15, 0.2) is 22.5 Å². The number of nitrogens with zero attached hydrogens (tertiary/aromatic N) is 3. The van der Waals surface area contributed by atoms with Crippen molar-refractivity contribution in [2.24, 2.45) is 4.99 Å². The van der Waals surface area contributed by atoms with Crippen molar-refractivity contribution in [2.45, 2.75) is 26.7 Å². The van der Waals surface area contributed by atoms with Gasteiger partial charge < -0.3 is 10.2 Å². The van der Waals surface area contributed by atoms with Gasteiger partial charge in [0.25, 0.3) is 0 Å². The number of guanidine groups is 1. The first kappa shape index (κ1) is 24.6.